The van der Waals surface area contributed by atoms with E-state index in [9.17, 15) is 0 Å². The summed E-state index contributed by atoms with van der Waals surface area (Å²) >= 11 is 0. The molecule has 4 nitrogen and oxygen atoms in total. The lowest BCUT2D eigenvalue weighted by atomic mass is 10.1. The summed E-state index contributed by atoms with van der Waals surface area (Å²) in [6.45, 7) is 7.02. The van der Waals surface area contributed by atoms with Crippen LogP contribution in [0.5, 0.6) is 0 Å². The van der Waals surface area contributed by atoms with Gasteiger partial charge in [0.1, 0.15) is 5.69 Å². The van der Waals surface area contributed by atoms with E-state index in [1.54, 1.807) is 10.9 Å². The van der Waals surface area contributed by atoms with Gasteiger partial charge >= 0.3 is 0 Å². The van der Waals surface area contributed by atoms with Crippen LogP contribution in [0.4, 0.5) is 0 Å². The van der Waals surface area contributed by atoms with E-state index >= 15 is 0 Å². The maximum absolute atomic E-state index is 8.86. The SMILES string of the molecule is CC(C)=CCCC(C)=CCn1cc(CO)nn1. The molecular weight excluding hydrogens is 214 g/mol. The van der Waals surface area contributed by atoms with E-state index < -0.39 is 0 Å². The van der Waals surface area contributed by atoms with Gasteiger partial charge in [0.15, 0.2) is 0 Å². The van der Waals surface area contributed by atoms with Crippen LogP contribution < -0.4 is 0 Å². The Kier molecular flexibility index (Phi) is 5.63. The monoisotopic (exact) mass is 235 g/mol. The second-order valence-corrected chi connectivity index (χ2v) is 4.46. The van der Waals surface area contributed by atoms with Crippen molar-refractivity contribution in [2.24, 2.45) is 0 Å². The molecule has 0 amide bonds. The summed E-state index contributed by atoms with van der Waals surface area (Å²) in [5.74, 6) is 0. The van der Waals surface area contributed by atoms with Crippen LogP contribution in [0.2, 0.25) is 0 Å². The van der Waals surface area contributed by atoms with Gasteiger partial charge in [0.05, 0.1) is 19.3 Å². The number of allylic oxidation sites excluding steroid dienone is 4. The Morgan fingerprint density at radius 1 is 1.35 bits per heavy atom. The molecule has 0 unspecified atom stereocenters. The number of aliphatic hydroxyl groups excluding tert-OH is 1. The first-order valence-corrected chi connectivity index (χ1v) is 5.90. The van der Waals surface area contributed by atoms with Crippen molar-refractivity contribution in [3.05, 3.63) is 35.2 Å². The first kappa shape index (κ1) is 13.6. The zero-order valence-corrected chi connectivity index (χ0v) is 10.8. The molecule has 0 aliphatic carbocycles. The second kappa shape index (κ2) is 7.01. The number of aromatic nitrogens is 3. The molecule has 0 radical (unpaired) electrons. The first-order chi connectivity index (χ1) is 8.11. The molecule has 0 aromatic carbocycles. The Balaban J connectivity index is 2.39. The van der Waals surface area contributed by atoms with Crippen molar-refractivity contribution < 1.29 is 5.11 Å². The molecule has 1 aromatic heterocycles. The quantitative estimate of drug-likeness (QED) is 0.771. The smallest absolute Gasteiger partial charge is 0.108 e. The Labute approximate surface area is 103 Å². The minimum Gasteiger partial charge on any atom is -0.390 e. The number of nitrogens with zero attached hydrogens (tertiary/aromatic N) is 3. The molecule has 0 aliphatic rings. The van der Waals surface area contributed by atoms with Gasteiger partial charge in [0.25, 0.3) is 0 Å². The fourth-order valence-corrected chi connectivity index (χ4v) is 1.44. The van der Waals surface area contributed by atoms with Gasteiger partial charge in [-0.1, -0.05) is 28.5 Å². The lowest BCUT2D eigenvalue weighted by Crippen LogP contribution is -1.96. The topological polar surface area (TPSA) is 50.9 Å². The standard InChI is InChI=1S/C13H21N3O/c1-11(2)5-4-6-12(3)7-8-16-9-13(10-17)14-15-16/h5,7,9,17H,4,6,8,10H2,1-3H3. The largest absolute Gasteiger partial charge is 0.390 e. The van der Waals surface area contributed by atoms with Crippen LogP contribution in [0, 0.1) is 0 Å². The number of hydrogen-bond acceptors (Lipinski definition) is 3. The van der Waals surface area contributed by atoms with Crippen molar-refractivity contribution in [2.45, 2.75) is 46.8 Å². The van der Waals surface area contributed by atoms with Gasteiger partial charge < -0.3 is 5.11 Å². The van der Waals surface area contributed by atoms with E-state index in [-0.39, 0.29) is 6.61 Å². The van der Waals surface area contributed by atoms with E-state index in [0.29, 0.717) is 12.2 Å². The summed E-state index contributed by atoms with van der Waals surface area (Å²) in [6.07, 6.45) is 8.32. The van der Waals surface area contributed by atoms with Gasteiger partial charge in [-0.15, -0.1) is 5.10 Å². The van der Waals surface area contributed by atoms with Crippen LogP contribution in [0.1, 0.15) is 39.3 Å². The Morgan fingerprint density at radius 3 is 2.71 bits per heavy atom. The highest BCUT2D eigenvalue weighted by Gasteiger charge is 1.97. The predicted molar refractivity (Wildman–Crippen MR) is 68.4 cm³/mol. The highest BCUT2D eigenvalue weighted by atomic mass is 16.3. The zero-order valence-electron chi connectivity index (χ0n) is 10.8. The minimum absolute atomic E-state index is 0.0523. The van der Waals surface area contributed by atoms with Gasteiger partial charge in [0, 0.05) is 0 Å². The van der Waals surface area contributed by atoms with Crippen LogP contribution in [0.15, 0.2) is 29.5 Å². The molecule has 4 heteroatoms. The highest BCUT2D eigenvalue weighted by molar-refractivity contribution is 5.02. The molecule has 1 N–H and O–H groups in total. The summed E-state index contributed by atoms with van der Waals surface area (Å²) in [5, 5.41) is 16.6. The molecule has 94 valence electrons. The van der Waals surface area contributed by atoms with E-state index in [4.69, 9.17) is 5.11 Å². The third-order valence-corrected chi connectivity index (χ3v) is 2.47. The van der Waals surface area contributed by atoms with Crippen molar-refractivity contribution in [1.29, 1.82) is 0 Å². The molecular formula is C13H21N3O. The van der Waals surface area contributed by atoms with Crippen molar-refractivity contribution in [1.82, 2.24) is 15.0 Å². The summed E-state index contributed by atoms with van der Waals surface area (Å²) in [6, 6.07) is 0. The molecule has 0 fully saturated rings. The zero-order chi connectivity index (χ0) is 12.7. The third-order valence-electron chi connectivity index (χ3n) is 2.47. The maximum atomic E-state index is 8.86. The molecule has 17 heavy (non-hydrogen) atoms. The van der Waals surface area contributed by atoms with E-state index in [1.165, 1.54) is 11.1 Å². The van der Waals surface area contributed by atoms with E-state index in [0.717, 1.165) is 12.8 Å². The summed E-state index contributed by atoms with van der Waals surface area (Å²) in [7, 11) is 0. The molecule has 1 rings (SSSR count). The predicted octanol–water partition coefficient (Wildman–Crippen LogP) is 2.46. The van der Waals surface area contributed by atoms with Crippen molar-refractivity contribution in [2.75, 3.05) is 0 Å². The normalized spacial score (nSPS) is 11.6. The Morgan fingerprint density at radius 2 is 2.12 bits per heavy atom. The van der Waals surface area contributed by atoms with E-state index in [2.05, 4.69) is 43.2 Å². The molecule has 0 atom stereocenters. The molecule has 0 aliphatic heterocycles. The van der Waals surface area contributed by atoms with Crippen LogP contribution in [0.25, 0.3) is 0 Å². The van der Waals surface area contributed by atoms with Gasteiger partial charge in [-0.25, -0.2) is 4.68 Å². The van der Waals surface area contributed by atoms with Gasteiger partial charge in [-0.3, -0.25) is 0 Å². The average Bonchev–Trinajstić information content (AvgIpc) is 2.73. The molecule has 0 saturated carbocycles. The van der Waals surface area contributed by atoms with E-state index in [1.807, 2.05) is 0 Å². The first-order valence-electron chi connectivity index (χ1n) is 5.90. The summed E-state index contributed by atoms with van der Waals surface area (Å²) < 4.78 is 1.73. The van der Waals surface area contributed by atoms with Crippen LogP contribution in [-0.4, -0.2) is 20.1 Å². The Bertz CT molecular complexity index is 401. The average molecular weight is 235 g/mol. The molecule has 1 heterocycles. The third kappa shape index (κ3) is 5.45. The molecule has 1 aromatic rings. The van der Waals surface area contributed by atoms with Gasteiger partial charge in [0.2, 0.25) is 0 Å². The van der Waals surface area contributed by atoms with Crippen LogP contribution >= 0.6 is 0 Å². The Hall–Kier alpha value is -1.42. The van der Waals surface area contributed by atoms with Crippen molar-refractivity contribution in [3.8, 4) is 0 Å². The molecule has 0 saturated heterocycles. The minimum atomic E-state index is -0.0523. The van der Waals surface area contributed by atoms with Crippen molar-refractivity contribution in [3.63, 3.8) is 0 Å². The fraction of sp³-hybridized carbons (Fsp3) is 0.538. The number of aliphatic hydroxyl groups is 1. The lowest BCUT2D eigenvalue weighted by Gasteiger charge is -1.99. The fourth-order valence-electron chi connectivity index (χ4n) is 1.44. The molecule has 0 bridgehead atoms. The van der Waals surface area contributed by atoms with Gasteiger partial charge in [-0.05, 0) is 33.6 Å². The second-order valence-electron chi connectivity index (χ2n) is 4.46. The molecule has 0 spiro atoms. The van der Waals surface area contributed by atoms with Crippen LogP contribution in [0.3, 0.4) is 0 Å². The highest BCUT2D eigenvalue weighted by Crippen LogP contribution is 2.07. The van der Waals surface area contributed by atoms with Gasteiger partial charge in [-0.2, -0.15) is 0 Å². The number of hydrogen-bond donors (Lipinski definition) is 1. The number of rotatable bonds is 6. The van der Waals surface area contributed by atoms with Crippen LogP contribution in [-0.2, 0) is 13.2 Å². The summed E-state index contributed by atoms with van der Waals surface area (Å²) in [5.41, 5.74) is 3.32. The summed E-state index contributed by atoms with van der Waals surface area (Å²) in [4.78, 5) is 0. The maximum Gasteiger partial charge on any atom is 0.108 e. The lowest BCUT2D eigenvalue weighted by molar-refractivity contribution is 0.276. The van der Waals surface area contributed by atoms with Crippen molar-refractivity contribution >= 4 is 0 Å².